The topological polar surface area (TPSA) is 108 Å². The van der Waals surface area contributed by atoms with Gasteiger partial charge in [0.25, 0.3) is 0 Å². The molecule has 1 N–H and O–H groups in total. The van der Waals surface area contributed by atoms with Crippen LogP contribution in [-0.2, 0) is 11.3 Å². The Balaban J connectivity index is 1.54. The molecule has 0 aliphatic heterocycles. The van der Waals surface area contributed by atoms with Crippen molar-refractivity contribution in [2.24, 2.45) is 0 Å². The Bertz CT molecular complexity index is 1120. The number of anilines is 1. The van der Waals surface area contributed by atoms with Gasteiger partial charge in [-0.3, -0.25) is 9.36 Å². The monoisotopic (exact) mass is 425 g/mol. The van der Waals surface area contributed by atoms with Gasteiger partial charge in [0.2, 0.25) is 5.91 Å². The Hall–Kier alpha value is -3.53. The number of furan rings is 1. The average Bonchev–Trinajstić information content (AvgIpc) is 3.49. The van der Waals surface area contributed by atoms with Crippen LogP contribution in [0.15, 0.2) is 62.8 Å². The van der Waals surface area contributed by atoms with Crippen LogP contribution in [0.5, 0.6) is 5.75 Å². The molecule has 1 amide bonds. The van der Waals surface area contributed by atoms with Crippen molar-refractivity contribution in [2.45, 2.75) is 18.6 Å². The summed E-state index contributed by atoms with van der Waals surface area (Å²) in [7, 11) is 1.62. The highest BCUT2D eigenvalue weighted by atomic mass is 32.2. The molecule has 154 valence electrons. The van der Waals surface area contributed by atoms with Crippen LogP contribution < -0.4 is 10.1 Å². The Morgan fingerprint density at radius 1 is 1.23 bits per heavy atom. The fourth-order valence-electron chi connectivity index (χ4n) is 2.78. The van der Waals surface area contributed by atoms with E-state index in [1.165, 1.54) is 11.8 Å². The SMILES string of the molecule is COc1ccc(-c2nnc(SCC(=O)Nc3cc(C)on3)n2Cc2ccco2)cc1. The first-order chi connectivity index (χ1) is 14.6. The molecule has 0 saturated carbocycles. The number of rotatable bonds is 8. The molecule has 4 aromatic rings. The number of hydrogen-bond donors (Lipinski definition) is 1. The van der Waals surface area contributed by atoms with Crippen molar-refractivity contribution in [1.82, 2.24) is 19.9 Å². The molecule has 10 heteroatoms. The second-order valence-electron chi connectivity index (χ2n) is 6.36. The minimum Gasteiger partial charge on any atom is -0.497 e. The summed E-state index contributed by atoms with van der Waals surface area (Å²) in [5.41, 5.74) is 0.879. The van der Waals surface area contributed by atoms with E-state index in [0.717, 1.165) is 17.1 Å². The summed E-state index contributed by atoms with van der Waals surface area (Å²) in [6.07, 6.45) is 1.62. The Kier molecular flexibility index (Phi) is 5.84. The highest BCUT2D eigenvalue weighted by molar-refractivity contribution is 7.99. The number of methoxy groups -OCH3 is 1. The second kappa shape index (κ2) is 8.87. The number of amides is 1. The minimum atomic E-state index is -0.216. The molecular weight excluding hydrogens is 406 g/mol. The van der Waals surface area contributed by atoms with E-state index in [-0.39, 0.29) is 11.7 Å². The number of aryl methyl sites for hydroxylation is 1. The maximum atomic E-state index is 12.3. The fourth-order valence-corrected chi connectivity index (χ4v) is 3.52. The summed E-state index contributed by atoms with van der Waals surface area (Å²) in [5.74, 6) is 3.12. The molecule has 0 atom stereocenters. The van der Waals surface area contributed by atoms with Gasteiger partial charge in [0.15, 0.2) is 16.8 Å². The molecule has 0 bridgehead atoms. The van der Waals surface area contributed by atoms with Crippen molar-refractivity contribution >= 4 is 23.5 Å². The van der Waals surface area contributed by atoms with Crippen LogP contribution in [0.25, 0.3) is 11.4 Å². The van der Waals surface area contributed by atoms with Crippen molar-refractivity contribution in [2.75, 3.05) is 18.2 Å². The number of nitrogens with zero attached hydrogens (tertiary/aromatic N) is 4. The largest absolute Gasteiger partial charge is 0.497 e. The van der Waals surface area contributed by atoms with Gasteiger partial charge in [-0.2, -0.15) is 0 Å². The van der Waals surface area contributed by atoms with Crippen LogP contribution >= 0.6 is 11.8 Å². The van der Waals surface area contributed by atoms with Gasteiger partial charge in [0.05, 0.1) is 25.7 Å². The van der Waals surface area contributed by atoms with Crippen LogP contribution in [0.1, 0.15) is 11.5 Å². The first kappa shape index (κ1) is 19.8. The van der Waals surface area contributed by atoms with E-state index in [4.69, 9.17) is 13.7 Å². The van der Waals surface area contributed by atoms with E-state index in [1.54, 1.807) is 26.4 Å². The number of benzene rings is 1. The lowest BCUT2D eigenvalue weighted by atomic mass is 10.2. The minimum absolute atomic E-state index is 0.144. The van der Waals surface area contributed by atoms with Crippen LogP contribution in [-0.4, -0.2) is 38.7 Å². The number of thioether (sulfide) groups is 1. The van der Waals surface area contributed by atoms with E-state index in [2.05, 4.69) is 20.7 Å². The van der Waals surface area contributed by atoms with Crippen LogP contribution in [0.2, 0.25) is 0 Å². The molecule has 0 aliphatic rings. The third kappa shape index (κ3) is 4.54. The molecule has 0 spiro atoms. The standard InChI is InChI=1S/C20H19N5O4S/c1-13-10-17(24-29-13)21-18(26)12-30-20-23-22-19(14-5-7-15(27-2)8-6-14)25(20)11-16-4-3-9-28-16/h3-10H,11-12H2,1-2H3,(H,21,24,26). The summed E-state index contributed by atoms with van der Waals surface area (Å²) in [6, 6.07) is 12.9. The van der Waals surface area contributed by atoms with Crippen molar-refractivity contribution in [3.8, 4) is 17.1 Å². The molecule has 0 saturated heterocycles. The first-order valence-electron chi connectivity index (χ1n) is 9.08. The first-order valence-corrected chi connectivity index (χ1v) is 10.1. The van der Waals surface area contributed by atoms with Crippen LogP contribution in [0.4, 0.5) is 5.82 Å². The maximum absolute atomic E-state index is 12.3. The van der Waals surface area contributed by atoms with E-state index in [1.807, 2.05) is 41.0 Å². The van der Waals surface area contributed by atoms with E-state index in [9.17, 15) is 4.79 Å². The molecule has 3 aromatic heterocycles. The maximum Gasteiger partial charge on any atom is 0.236 e. The van der Waals surface area contributed by atoms with Crippen molar-refractivity contribution in [3.63, 3.8) is 0 Å². The third-order valence-corrected chi connectivity index (χ3v) is 5.15. The van der Waals surface area contributed by atoms with E-state index in [0.29, 0.717) is 29.1 Å². The zero-order valence-electron chi connectivity index (χ0n) is 16.4. The Morgan fingerprint density at radius 2 is 2.07 bits per heavy atom. The number of carbonyl (C=O) groups excluding carboxylic acids is 1. The lowest BCUT2D eigenvalue weighted by Crippen LogP contribution is -2.15. The molecule has 4 rings (SSSR count). The molecule has 1 aromatic carbocycles. The summed E-state index contributed by atoms with van der Waals surface area (Å²) in [6.45, 7) is 2.20. The van der Waals surface area contributed by atoms with Crippen LogP contribution in [0.3, 0.4) is 0 Å². The van der Waals surface area contributed by atoms with E-state index < -0.39 is 0 Å². The van der Waals surface area contributed by atoms with Crippen molar-refractivity contribution in [3.05, 3.63) is 60.2 Å². The van der Waals surface area contributed by atoms with Gasteiger partial charge in [-0.1, -0.05) is 16.9 Å². The molecule has 9 nitrogen and oxygen atoms in total. The third-order valence-electron chi connectivity index (χ3n) is 4.19. The molecule has 0 aliphatic carbocycles. The molecular formula is C20H19N5O4S. The van der Waals surface area contributed by atoms with Gasteiger partial charge < -0.3 is 19.0 Å². The summed E-state index contributed by atoms with van der Waals surface area (Å²) in [4.78, 5) is 12.3. The Labute approximate surface area is 176 Å². The number of carbonyl (C=O) groups is 1. The van der Waals surface area contributed by atoms with Crippen LogP contribution in [0, 0.1) is 6.92 Å². The molecule has 0 fully saturated rings. The van der Waals surface area contributed by atoms with Gasteiger partial charge in [-0.25, -0.2) is 0 Å². The quantitative estimate of drug-likeness (QED) is 0.427. The van der Waals surface area contributed by atoms with Gasteiger partial charge in [-0.05, 0) is 43.3 Å². The normalized spacial score (nSPS) is 10.9. The number of ether oxygens (including phenoxy) is 1. The lowest BCUT2D eigenvalue weighted by molar-refractivity contribution is -0.113. The molecule has 3 heterocycles. The van der Waals surface area contributed by atoms with Gasteiger partial charge in [-0.15, -0.1) is 10.2 Å². The summed E-state index contributed by atoms with van der Waals surface area (Å²) < 4.78 is 17.6. The summed E-state index contributed by atoms with van der Waals surface area (Å²) in [5, 5.41) is 15.7. The van der Waals surface area contributed by atoms with Gasteiger partial charge in [0, 0.05) is 11.6 Å². The second-order valence-corrected chi connectivity index (χ2v) is 7.30. The zero-order valence-corrected chi connectivity index (χ0v) is 17.2. The summed E-state index contributed by atoms with van der Waals surface area (Å²) >= 11 is 1.28. The molecule has 30 heavy (non-hydrogen) atoms. The van der Waals surface area contributed by atoms with Gasteiger partial charge in [0.1, 0.15) is 17.3 Å². The predicted octanol–water partition coefficient (Wildman–Crippen LogP) is 3.62. The number of nitrogens with one attached hydrogen (secondary N) is 1. The molecule has 0 unspecified atom stereocenters. The highest BCUT2D eigenvalue weighted by Crippen LogP contribution is 2.27. The predicted molar refractivity (Wildman–Crippen MR) is 110 cm³/mol. The fraction of sp³-hybridized carbons (Fsp3) is 0.200. The van der Waals surface area contributed by atoms with Crippen molar-refractivity contribution in [1.29, 1.82) is 0 Å². The smallest absolute Gasteiger partial charge is 0.236 e. The van der Waals surface area contributed by atoms with E-state index >= 15 is 0 Å². The highest BCUT2D eigenvalue weighted by Gasteiger charge is 2.17. The zero-order chi connectivity index (χ0) is 20.9. The average molecular weight is 425 g/mol. The lowest BCUT2D eigenvalue weighted by Gasteiger charge is -2.09. The Morgan fingerprint density at radius 3 is 2.73 bits per heavy atom. The molecule has 0 radical (unpaired) electrons. The number of aromatic nitrogens is 4. The van der Waals surface area contributed by atoms with Gasteiger partial charge >= 0.3 is 0 Å². The number of hydrogen-bond acceptors (Lipinski definition) is 8. The van der Waals surface area contributed by atoms with Crippen molar-refractivity contribution < 1.29 is 18.5 Å².